The van der Waals surface area contributed by atoms with Crippen LogP contribution < -0.4 is 0 Å². The number of hydrogen-bond donors (Lipinski definition) is 1. The van der Waals surface area contributed by atoms with E-state index in [0.29, 0.717) is 13.0 Å². The van der Waals surface area contributed by atoms with Crippen LogP contribution in [0.25, 0.3) is 0 Å². The lowest BCUT2D eigenvalue weighted by Crippen LogP contribution is -2.17. The minimum Gasteiger partial charge on any atom is -0.391 e. The smallest absolute Gasteiger partial charge is 0.330 e. The van der Waals surface area contributed by atoms with Crippen molar-refractivity contribution >= 4 is 7.60 Å². The van der Waals surface area contributed by atoms with Crippen molar-refractivity contribution < 1.29 is 23.5 Å². The zero-order valence-corrected chi connectivity index (χ0v) is 12.2. The Balaban J connectivity index is 2.21. The summed E-state index contributed by atoms with van der Waals surface area (Å²) in [6, 6.07) is 9.71. The van der Waals surface area contributed by atoms with Crippen LogP contribution in [0.5, 0.6) is 0 Å². The molecule has 0 spiro atoms. The van der Waals surface area contributed by atoms with Crippen LogP contribution in [0.2, 0.25) is 0 Å². The summed E-state index contributed by atoms with van der Waals surface area (Å²) in [5.41, 5.74) is 1.05. The van der Waals surface area contributed by atoms with Crippen LogP contribution in [0.3, 0.4) is 0 Å². The van der Waals surface area contributed by atoms with Crippen LogP contribution in [0, 0.1) is 0 Å². The molecule has 1 aromatic carbocycles. The van der Waals surface area contributed by atoms with Crippen molar-refractivity contribution in [3.05, 3.63) is 35.9 Å². The zero-order valence-electron chi connectivity index (χ0n) is 11.3. The van der Waals surface area contributed by atoms with Gasteiger partial charge >= 0.3 is 7.60 Å². The summed E-state index contributed by atoms with van der Waals surface area (Å²) in [6.45, 7) is 0.645. The molecule has 0 fully saturated rings. The molecule has 0 bridgehead atoms. The van der Waals surface area contributed by atoms with E-state index in [4.69, 9.17) is 13.8 Å². The SMILES string of the molecule is COP(=O)(CC[C@H](O)COCc1ccccc1)OC. The minimum absolute atomic E-state index is 0.176. The largest absolute Gasteiger partial charge is 0.391 e. The van der Waals surface area contributed by atoms with Crippen LogP contribution in [-0.2, 0) is 25.0 Å². The Morgan fingerprint density at radius 2 is 1.84 bits per heavy atom. The van der Waals surface area contributed by atoms with Crippen LogP contribution in [-0.4, -0.2) is 38.2 Å². The molecule has 19 heavy (non-hydrogen) atoms. The molecule has 1 atom stereocenters. The molecule has 0 aromatic heterocycles. The van der Waals surface area contributed by atoms with Crippen molar-refractivity contribution in [3.8, 4) is 0 Å². The van der Waals surface area contributed by atoms with Crippen molar-refractivity contribution in [1.82, 2.24) is 0 Å². The maximum Gasteiger partial charge on any atom is 0.330 e. The van der Waals surface area contributed by atoms with Gasteiger partial charge in [-0.15, -0.1) is 0 Å². The van der Waals surface area contributed by atoms with Crippen LogP contribution in [0.15, 0.2) is 30.3 Å². The summed E-state index contributed by atoms with van der Waals surface area (Å²) < 4.78 is 26.7. The van der Waals surface area contributed by atoms with E-state index in [1.54, 1.807) is 0 Å². The van der Waals surface area contributed by atoms with Gasteiger partial charge in [0.2, 0.25) is 0 Å². The fourth-order valence-corrected chi connectivity index (χ4v) is 2.66. The molecular weight excluding hydrogens is 267 g/mol. The molecule has 0 heterocycles. The van der Waals surface area contributed by atoms with Gasteiger partial charge in [0.15, 0.2) is 0 Å². The second-order valence-electron chi connectivity index (χ2n) is 4.14. The van der Waals surface area contributed by atoms with Gasteiger partial charge < -0.3 is 18.9 Å². The highest BCUT2D eigenvalue weighted by molar-refractivity contribution is 7.53. The van der Waals surface area contributed by atoms with E-state index >= 15 is 0 Å². The highest BCUT2D eigenvalue weighted by Gasteiger charge is 2.22. The zero-order chi connectivity index (χ0) is 14.1. The van der Waals surface area contributed by atoms with Gasteiger partial charge in [-0.25, -0.2) is 0 Å². The lowest BCUT2D eigenvalue weighted by atomic mass is 10.2. The average molecular weight is 288 g/mol. The molecule has 0 saturated heterocycles. The molecule has 0 aliphatic carbocycles. The quantitative estimate of drug-likeness (QED) is 0.707. The third kappa shape index (κ3) is 6.32. The highest BCUT2D eigenvalue weighted by Crippen LogP contribution is 2.46. The molecule has 1 aromatic rings. The maximum absolute atomic E-state index is 11.8. The molecule has 0 aliphatic heterocycles. The minimum atomic E-state index is -3.04. The van der Waals surface area contributed by atoms with Crippen molar-refractivity contribution in [2.45, 2.75) is 19.1 Å². The lowest BCUT2D eigenvalue weighted by Gasteiger charge is -2.16. The lowest BCUT2D eigenvalue weighted by molar-refractivity contribution is 0.0266. The molecule has 1 rings (SSSR count). The molecule has 0 saturated carbocycles. The predicted molar refractivity (Wildman–Crippen MR) is 73.2 cm³/mol. The summed E-state index contributed by atoms with van der Waals surface area (Å²) >= 11 is 0. The molecule has 0 unspecified atom stereocenters. The van der Waals surface area contributed by atoms with E-state index in [1.807, 2.05) is 30.3 Å². The first-order chi connectivity index (χ1) is 9.09. The first-order valence-corrected chi connectivity index (χ1v) is 7.82. The number of benzene rings is 1. The maximum atomic E-state index is 11.8. The predicted octanol–water partition coefficient (Wildman–Crippen LogP) is 2.44. The van der Waals surface area contributed by atoms with Crippen LogP contribution in [0.1, 0.15) is 12.0 Å². The summed E-state index contributed by atoms with van der Waals surface area (Å²) in [5, 5.41) is 9.72. The molecule has 1 N–H and O–H groups in total. The Morgan fingerprint density at radius 3 is 2.42 bits per heavy atom. The monoisotopic (exact) mass is 288 g/mol. The molecule has 0 amide bonds. The van der Waals surface area contributed by atoms with Gasteiger partial charge in [-0.1, -0.05) is 30.3 Å². The van der Waals surface area contributed by atoms with E-state index in [1.165, 1.54) is 14.2 Å². The van der Waals surface area contributed by atoms with Crippen molar-refractivity contribution in [3.63, 3.8) is 0 Å². The fourth-order valence-electron chi connectivity index (χ4n) is 1.53. The molecule has 108 valence electrons. The fraction of sp³-hybridized carbons (Fsp3) is 0.538. The molecule has 0 radical (unpaired) electrons. The Labute approximate surface area is 114 Å². The highest BCUT2D eigenvalue weighted by atomic mass is 31.2. The van der Waals surface area contributed by atoms with Crippen LogP contribution in [0.4, 0.5) is 0 Å². The Hall–Kier alpha value is -0.710. The van der Waals surface area contributed by atoms with Crippen LogP contribution >= 0.6 is 7.60 Å². The van der Waals surface area contributed by atoms with Gasteiger partial charge in [-0.2, -0.15) is 0 Å². The Morgan fingerprint density at radius 1 is 1.21 bits per heavy atom. The van der Waals surface area contributed by atoms with Crippen molar-refractivity contribution in [1.29, 1.82) is 0 Å². The Bertz CT molecular complexity index is 387. The second-order valence-corrected chi connectivity index (χ2v) is 6.54. The summed E-state index contributed by atoms with van der Waals surface area (Å²) in [7, 11) is -0.369. The van der Waals surface area contributed by atoms with E-state index in [-0.39, 0.29) is 12.8 Å². The molecule has 5 nitrogen and oxygen atoms in total. The third-order valence-electron chi connectivity index (χ3n) is 2.71. The third-order valence-corrected chi connectivity index (χ3v) is 4.63. The van der Waals surface area contributed by atoms with Gasteiger partial charge in [0.25, 0.3) is 0 Å². The number of aliphatic hydroxyl groups excluding tert-OH is 1. The van der Waals surface area contributed by atoms with Crippen molar-refractivity contribution in [2.75, 3.05) is 27.0 Å². The summed E-state index contributed by atoms with van der Waals surface area (Å²) in [5.74, 6) is 0. The van der Waals surface area contributed by atoms with Gasteiger partial charge in [0.05, 0.1) is 25.5 Å². The van der Waals surface area contributed by atoms with E-state index in [0.717, 1.165) is 5.56 Å². The van der Waals surface area contributed by atoms with Gasteiger partial charge in [-0.3, -0.25) is 4.57 Å². The normalized spacial score (nSPS) is 13.4. The number of aliphatic hydroxyl groups is 1. The van der Waals surface area contributed by atoms with Gasteiger partial charge in [0.1, 0.15) is 0 Å². The number of ether oxygens (including phenoxy) is 1. The average Bonchev–Trinajstić information content (AvgIpc) is 2.46. The molecule has 0 aliphatic rings. The van der Waals surface area contributed by atoms with E-state index < -0.39 is 13.7 Å². The number of hydrogen-bond acceptors (Lipinski definition) is 5. The summed E-state index contributed by atoms with van der Waals surface area (Å²) in [4.78, 5) is 0. The summed E-state index contributed by atoms with van der Waals surface area (Å²) in [6.07, 6.45) is -0.189. The Kier molecular flexibility index (Phi) is 7.28. The topological polar surface area (TPSA) is 65.0 Å². The van der Waals surface area contributed by atoms with E-state index in [2.05, 4.69) is 0 Å². The molecule has 6 heteroatoms. The number of rotatable bonds is 9. The second kappa shape index (κ2) is 8.46. The van der Waals surface area contributed by atoms with E-state index in [9.17, 15) is 9.67 Å². The standard InChI is InChI=1S/C13H21O5P/c1-16-19(15,17-2)9-8-13(14)11-18-10-12-6-4-3-5-7-12/h3-7,13-14H,8-11H2,1-2H3/t13-/m0/s1. The van der Waals surface area contributed by atoms with Crippen molar-refractivity contribution in [2.24, 2.45) is 0 Å². The first-order valence-electron chi connectivity index (χ1n) is 6.10. The van der Waals surface area contributed by atoms with Gasteiger partial charge in [-0.05, 0) is 12.0 Å². The molecular formula is C13H21O5P. The van der Waals surface area contributed by atoms with Gasteiger partial charge in [0, 0.05) is 14.2 Å². The first kappa shape index (κ1) is 16.3.